The molecule has 0 radical (unpaired) electrons. The molecular weight excluding hydrogens is 484 g/mol. The number of Topliss-reactive ketones (excluding diaryl/α,β-unsaturated/α-hetero) is 2. The van der Waals surface area contributed by atoms with Crippen molar-refractivity contribution < 1.29 is 19.8 Å². The Bertz CT molecular complexity index is 1740. The molecule has 0 fully saturated rings. The summed E-state index contributed by atoms with van der Waals surface area (Å²) < 4.78 is 0. The monoisotopic (exact) mass is 508 g/mol. The molecule has 0 heterocycles. The first-order valence-electron chi connectivity index (χ1n) is 12.7. The molecule has 0 saturated heterocycles. The van der Waals surface area contributed by atoms with E-state index in [2.05, 4.69) is 72.8 Å². The summed E-state index contributed by atoms with van der Waals surface area (Å²) in [5.74, 6) is -0.473. The molecule has 0 atom stereocenters. The SMILES string of the molecule is O=C(CC(=O)c1ccc(O)cc1)c1ccc(O)cc1.c1cc2cccc3c4cccc5cccc(c(c1)c23)c54. The average molecular weight is 509 g/mol. The van der Waals surface area contributed by atoms with Crippen LogP contribution in [-0.4, -0.2) is 21.8 Å². The van der Waals surface area contributed by atoms with Crippen LogP contribution in [0.25, 0.3) is 43.1 Å². The fraction of sp³-hybridized carbons (Fsp3) is 0.0286. The largest absolute Gasteiger partial charge is 0.508 e. The molecule has 4 nitrogen and oxygen atoms in total. The summed E-state index contributed by atoms with van der Waals surface area (Å²) in [7, 11) is 0. The number of rotatable bonds is 4. The van der Waals surface area contributed by atoms with Gasteiger partial charge < -0.3 is 10.2 Å². The topological polar surface area (TPSA) is 74.6 Å². The highest BCUT2D eigenvalue weighted by atomic mass is 16.3. The number of hydrogen-bond donors (Lipinski definition) is 2. The Morgan fingerprint density at radius 3 is 1.05 bits per heavy atom. The van der Waals surface area contributed by atoms with Crippen LogP contribution in [0.2, 0.25) is 0 Å². The van der Waals surface area contributed by atoms with Crippen LogP contribution in [0.1, 0.15) is 27.1 Å². The number of carbonyl (C=O) groups is 2. The minimum absolute atomic E-state index is 0.0708. The molecule has 0 aliphatic heterocycles. The highest BCUT2D eigenvalue weighted by molar-refractivity contribution is 6.32. The van der Waals surface area contributed by atoms with Crippen molar-refractivity contribution in [3.8, 4) is 11.5 Å². The van der Waals surface area contributed by atoms with Gasteiger partial charge in [0.25, 0.3) is 0 Å². The van der Waals surface area contributed by atoms with Gasteiger partial charge in [-0.3, -0.25) is 9.59 Å². The predicted molar refractivity (Wildman–Crippen MR) is 157 cm³/mol. The van der Waals surface area contributed by atoms with Gasteiger partial charge >= 0.3 is 0 Å². The van der Waals surface area contributed by atoms with E-state index >= 15 is 0 Å². The van der Waals surface area contributed by atoms with Gasteiger partial charge in [0.15, 0.2) is 11.6 Å². The van der Waals surface area contributed by atoms with Crippen molar-refractivity contribution in [2.45, 2.75) is 6.42 Å². The van der Waals surface area contributed by atoms with Crippen LogP contribution in [0.4, 0.5) is 0 Å². The van der Waals surface area contributed by atoms with Crippen molar-refractivity contribution in [2.24, 2.45) is 0 Å². The van der Waals surface area contributed by atoms with E-state index in [4.69, 9.17) is 10.2 Å². The molecule has 0 aliphatic rings. The minimum Gasteiger partial charge on any atom is -0.508 e. The van der Waals surface area contributed by atoms with Crippen molar-refractivity contribution in [3.63, 3.8) is 0 Å². The van der Waals surface area contributed by atoms with E-state index in [-0.39, 0.29) is 29.5 Å². The van der Waals surface area contributed by atoms with Crippen LogP contribution in [-0.2, 0) is 0 Å². The number of phenols is 2. The molecular formula is C35H24O4. The summed E-state index contributed by atoms with van der Waals surface area (Å²) in [4.78, 5) is 23.7. The minimum atomic E-state index is -0.307. The first-order valence-corrected chi connectivity index (χ1v) is 12.7. The van der Waals surface area contributed by atoms with E-state index in [1.807, 2.05) is 0 Å². The summed E-state index contributed by atoms with van der Waals surface area (Å²) in [6, 6.07) is 37.9. The second-order valence-electron chi connectivity index (χ2n) is 9.54. The molecule has 188 valence electrons. The molecule has 0 saturated carbocycles. The summed E-state index contributed by atoms with van der Waals surface area (Å²) in [6.07, 6.45) is -0.241. The van der Waals surface area contributed by atoms with E-state index in [1.165, 1.54) is 91.6 Å². The predicted octanol–water partition coefficient (Wildman–Crippen LogP) is 8.29. The van der Waals surface area contributed by atoms with Gasteiger partial charge in [-0.15, -0.1) is 0 Å². The zero-order chi connectivity index (χ0) is 26.9. The van der Waals surface area contributed by atoms with Crippen molar-refractivity contribution in [1.82, 2.24) is 0 Å². The van der Waals surface area contributed by atoms with Gasteiger partial charge in [0.2, 0.25) is 0 Å². The molecule has 0 aliphatic carbocycles. The lowest BCUT2D eigenvalue weighted by Crippen LogP contribution is -2.08. The Morgan fingerprint density at radius 1 is 0.436 bits per heavy atom. The summed E-state index contributed by atoms with van der Waals surface area (Å²) in [5, 5.41) is 29.1. The van der Waals surface area contributed by atoms with Crippen molar-refractivity contribution in [3.05, 3.63) is 132 Å². The van der Waals surface area contributed by atoms with Crippen LogP contribution in [0, 0.1) is 0 Å². The van der Waals surface area contributed by atoms with E-state index in [0.717, 1.165) is 0 Å². The zero-order valence-corrected chi connectivity index (χ0v) is 21.0. The maximum atomic E-state index is 11.9. The highest BCUT2D eigenvalue weighted by Gasteiger charge is 2.14. The second kappa shape index (κ2) is 9.92. The fourth-order valence-corrected chi connectivity index (χ4v) is 5.22. The van der Waals surface area contributed by atoms with E-state index in [1.54, 1.807) is 0 Å². The molecule has 4 heteroatoms. The van der Waals surface area contributed by atoms with E-state index < -0.39 is 0 Å². The third-order valence-electron chi connectivity index (χ3n) is 7.09. The summed E-state index contributed by atoms with van der Waals surface area (Å²) in [6.45, 7) is 0. The number of ketones is 2. The lowest BCUT2D eigenvalue weighted by atomic mass is 9.90. The smallest absolute Gasteiger partial charge is 0.170 e. The Balaban J connectivity index is 0.000000142. The third kappa shape index (κ3) is 4.53. The van der Waals surface area contributed by atoms with Crippen LogP contribution < -0.4 is 0 Å². The van der Waals surface area contributed by atoms with Crippen molar-refractivity contribution in [2.75, 3.05) is 0 Å². The number of hydrogen-bond acceptors (Lipinski definition) is 4. The molecule has 7 rings (SSSR count). The lowest BCUT2D eigenvalue weighted by molar-refractivity contribution is 0.0894. The number of aromatic hydroxyl groups is 2. The van der Waals surface area contributed by atoms with Crippen LogP contribution in [0.15, 0.2) is 121 Å². The molecule has 7 aromatic rings. The van der Waals surface area contributed by atoms with Gasteiger partial charge in [-0.05, 0) is 91.6 Å². The first-order chi connectivity index (χ1) is 19.0. The Labute approximate surface area is 224 Å². The molecule has 0 spiro atoms. The standard InChI is InChI=1S/C20H12.C15H12O4/c1-5-13-6-2-11-17-18-12-4-8-14-7-3-10-16(20(14)18)15(9-1)19(13)17;16-12-5-1-10(2-6-12)14(18)9-15(19)11-3-7-13(17)8-4-11/h1-12H;1-8,16-17H,9H2. The average Bonchev–Trinajstić information content (AvgIpc) is 2.96. The maximum Gasteiger partial charge on any atom is 0.170 e. The van der Waals surface area contributed by atoms with Crippen LogP contribution in [0.3, 0.4) is 0 Å². The van der Waals surface area contributed by atoms with Gasteiger partial charge in [-0.25, -0.2) is 0 Å². The van der Waals surface area contributed by atoms with Gasteiger partial charge in [-0.1, -0.05) is 72.8 Å². The van der Waals surface area contributed by atoms with E-state index in [0.29, 0.717) is 11.1 Å². The molecule has 2 N–H and O–H groups in total. The van der Waals surface area contributed by atoms with Gasteiger partial charge in [0, 0.05) is 11.1 Å². The second-order valence-corrected chi connectivity index (χ2v) is 9.54. The summed E-state index contributed by atoms with van der Waals surface area (Å²) >= 11 is 0. The fourth-order valence-electron chi connectivity index (χ4n) is 5.22. The first kappa shape index (κ1) is 24.1. The van der Waals surface area contributed by atoms with Crippen molar-refractivity contribution >= 4 is 54.7 Å². The molecule has 0 unspecified atom stereocenters. The highest BCUT2D eigenvalue weighted by Crippen LogP contribution is 2.39. The molecule has 7 aromatic carbocycles. The zero-order valence-electron chi connectivity index (χ0n) is 21.0. The number of fused-ring (bicyclic) bond motifs is 2. The number of phenolic OH excluding ortho intramolecular Hbond substituents is 2. The lowest BCUT2D eigenvalue weighted by Gasteiger charge is -2.13. The maximum absolute atomic E-state index is 11.9. The molecule has 0 bridgehead atoms. The van der Waals surface area contributed by atoms with Gasteiger partial charge in [0.1, 0.15) is 11.5 Å². The third-order valence-corrected chi connectivity index (χ3v) is 7.09. The van der Waals surface area contributed by atoms with Crippen LogP contribution in [0.5, 0.6) is 11.5 Å². The number of carbonyl (C=O) groups excluding carboxylic acids is 2. The Hall–Kier alpha value is -5.22. The summed E-state index contributed by atoms with van der Waals surface area (Å²) in [5.41, 5.74) is 0.759. The quantitative estimate of drug-likeness (QED) is 0.109. The molecule has 0 aromatic heterocycles. The van der Waals surface area contributed by atoms with E-state index in [9.17, 15) is 9.59 Å². The van der Waals surface area contributed by atoms with Gasteiger partial charge in [0.05, 0.1) is 6.42 Å². The molecule has 39 heavy (non-hydrogen) atoms. The Morgan fingerprint density at radius 2 is 0.744 bits per heavy atom. The van der Waals surface area contributed by atoms with Gasteiger partial charge in [-0.2, -0.15) is 0 Å². The van der Waals surface area contributed by atoms with Crippen LogP contribution >= 0.6 is 0 Å². The molecule has 0 amide bonds. The normalized spacial score (nSPS) is 11.1. The van der Waals surface area contributed by atoms with Crippen molar-refractivity contribution in [1.29, 1.82) is 0 Å². The number of benzene rings is 7. The Kier molecular flexibility index (Phi) is 6.14.